The molecule has 10 N–H and O–H groups in total. The van der Waals surface area contributed by atoms with Crippen molar-refractivity contribution >= 4 is 0 Å². The van der Waals surface area contributed by atoms with Crippen LogP contribution >= 0.6 is 0 Å². The summed E-state index contributed by atoms with van der Waals surface area (Å²) in [5, 5.41) is 95.7. The van der Waals surface area contributed by atoms with Gasteiger partial charge in [0.05, 0.1) is 19.3 Å². The fraction of sp³-hybridized carbons (Fsp3) is 0.875. The second-order valence-electron chi connectivity index (χ2n) is 6.68. The molecule has 14 nitrogen and oxygen atoms in total. The summed E-state index contributed by atoms with van der Waals surface area (Å²) in [7, 11) is 0. The molecule has 1 saturated heterocycles. The van der Waals surface area contributed by atoms with Crippen LogP contribution in [0.3, 0.4) is 0 Å². The highest BCUT2D eigenvalue weighted by Gasteiger charge is 2.46. The van der Waals surface area contributed by atoms with Crippen LogP contribution in [0.15, 0.2) is 11.5 Å². The normalized spacial score (nSPS) is 32.4. The first-order chi connectivity index (χ1) is 13.9. The molecule has 0 bridgehead atoms. The van der Waals surface area contributed by atoms with Crippen molar-refractivity contribution in [2.45, 2.75) is 75.6 Å². The van der Waals surface area contributed by atoms with Gasteiger partial charge < -0.3 is 70.0 Å². The molecule has 1 heterocycles. The van der Waals surface area contributed by atoms with Crippen LogP contribution in [-0.4, -0.2) is 126 Å². The van der Waals surface area contributed by atoms with Crippen molar-refractivity contribution in [2.75, 3.05) is 13.2 Å². The van der Waals surface area contributed by atoms with Gasteiger partial charge in [0.25, 0.3) is 0 Å². The Kier molecular flexibility index (Phi) is 10.8. The molecule has 0 spiro atoms. The molecule has 0 aromatic heterocycles. The van der Waals surface area contributed by atoms with Gasteiger partial charge in [0, 0.05) is 0 Å². The molecule has 1 aliphatic heterocycles. The Balaban J connectivity index is 2.84. The molecule has 0 saturated carbocycles. The molecule has 9 atom stereocenters. The number of allylic oxidation sites excluding steroid dienone is 1. The van der Waals surface area contributed by atoms with Crippen molar-refractivity contribution < 1.29 is 70.0 Å². The fourth-order valence-electron chi connectivity index (χ4n) is 2.47. The third-order valence-electron chi connectivity index (χ3n) is 4.25. The first kappa shape index (κ1) is 26.9. The van der Waals surface area contributed by atoms with Crippen LogP contribution < -0.4 is 0 Å². The number of hydrogen-bond acceptors (Lipinski definition) is 14. The van der Waals surface area contributed by atoms with Crippen LogP contribution in [0.1, 0.15) is 13.8 Å². The second-order valence-corrected chi connectivity index (χ2v) is 6.68. The minimum absolute atomic E-state index is 0.665. The quantitative estimate of drug-likeness (QED) is 0.107. The van der Waals surface area contributed by atoms with Gasteiger partial charge in [0.2, 0.25) is 18.9 Å². The van der Waals surface area contributed by atoms with E-state index in [0.717, 1.165) is 6.92 Å². The van der Waals surface area contributed by atoms with E-state index in [9.17, 15) is 40.9 Å². The Morgan fingerprint density at radius 2 is 1.63 bits per heavy atom. The number of ether oxygens (including phenoxy) is 4. The van der Waals surface area contributed by atoms with Gasteiger partial charge in [-0.25, -0.2) is 0 Å². The van der Waals surface area contributed by atoms with Crippen LogP contribution in [-0.2, 0) is 18.9 Å². The lowest BCUT2D eigenvalue weighted by Gasteiger charge is -2.41. The van der Waals surface area contributed by atoms with Crippen LogP contribution in [0, 0.1) is 0 Å². The smallest absolute Gasteiger partial charge is 0.217 e. The van der Waals surface area contributed by atoms with Crippen molar-refractivity contribution in [1.29, 1.82) is 0 Å². The van der Waals surface area contributed by atoms with Crippen LogP contribution in [0.4, 0.5) is 0 Å². The zero-order chi connectivity index (χ0) is 23.2. The highest BCUT2D eigenvalue weighted by atomic mass is 16.7. The predicted molar refractivity (Wildman–Crippen MR) is 93.3 cm³/mol. The van der Waals surface area contributed by atoms with Gasteiger partial charge in [0.15, 0.2) is 12.0 Å². The van der Waals surface area contributed by atoms with Crippen LogP contribution in [0.25, 0.3) is 0 Å². The summed E-state index contributed by atoms with van der Waals surface area (Å²) in [5.74, 6) is -1.68. The van der Waals surface area contributed by atoms with Crippen molar-refractivity contribution in [3.63, 3.8) is 0 Å². The van der Waals surface area contributed by atoms with E-state index < -0.39 is 86.5 Å². The van der Waals surface area contributed by atoms with Gasteiger partial charge in [-0.2, -0.15) is 0 Å². The first-order valence-corrected chi connectivity index (χ1v) is 8.94. The molecule has 1 rings (SSSR count). The average Bonchev–Trinajstić information content (AvgIpc) is 2.67. The minimum atomic E-state index is -2.22. The Bertz CT molecular complexity index is 536. The van der Waals surface area contributed by atoms with E-state index >= 15 is 0 Å². The predicted octanol–water partition coefficient (Wildman–Crippen LogP) is -4.11. The van der Waals surface area contributed by atoms with Crippen molar-refractivity contribution in [1.82, 2.24) is 0 Å². The van der Waals surface area contributed by atoms with Crippen LogP contribution in [0.5, 0.6) is 0 Å². The Morgan fingerprint density at radius 1 is 1.03 bits per heavy atom. The third kappa shape index (κ3) is 7.23. The Morgan fingerprint density at radius 3 is 2.10 bits per heavy atom. The van der Waals surface area contributed by atoms with Crippen molar-refractivity contribution in [2.24, 2.45) is 0 Å². The largest absolute Gasteiger partial charge is 0.509 e. The lowest BCUT2D eigenvalue weighted by molar-refractivity contribution is -0.330. The maximum absolute atomic E-state index is 10.3. The lowest BCUT2D eigenvalue weighted by Crippen LogP contribution is -2.60. The summed E-state index contributed by atoms with van der Waals surface area (Å²) in [6.45, 7) is 0.977. The van der Waals surface area contributed by atoms with Gasteiger partial charge in [-0.05, 0) is 13.8 Å². The minimum Gasteiger partial charge on any atom is -0.509 e. The Hall–Kier alpha value is -1.14. The van der Waals surface area contributed by atoms with E-state index in [1.54, 1.807) is 0 Å². The molecule has 30 heavy (non-hydrogen) atoms. The summed E-state index contributed by atoms with van der Waals surface area (Å²) in [6, 6.07) is 0. The van der Waals surface area contributed by atoms with Gasteiger partial charge in [0.1, 0.15) is 36.3 Å². The lowest BCUT2D eigenvalue weighted by atomic mass is 9.99. The molecular weight excluding hydrogens is 416 g/mol. The van der Waals surface area contributed by atoms with E-state index in [1.807, 2.05) is 0 Å². The van der Waals surface area contributed by atoms with Crippen molar-refractivity contribution in [3.05, 3.63) is 11.5 Å². The summed E-state index contributed by atoms with van der Waals surface area (Å²) >= 11 is 0. The van der Waals surface area contributed by atoms with E-state index in [0.29, 0.717) is 0 Å². The standard InChI is InChI=1S/C16H30O14/c1-5(18)7(3-17)29-16(13(23)24)27-4-8-10(21)12(11(22)15(26)28-8)30-14(25)9(20)6(2)19/h5,7-8,10-26H,3-4H2,1-2H3/b9-6-. The molecule has 0 amide bonds. The van der Waals surface area contributed by atoms with Gasteiger partial charge in [-0.15, -0.1) is 0 Å². The molecule has 9 unspecified atom stereocenters. The monoisotopic (exact) mass is 446 g/mol. The average molecular weight is 446 g/mol. The van der Waals surface area contributed by atoms with E-state index in [2.05, 4.69) is 0 Å². The molecule has 14 heteroatoms. The fourth-order valence-corrected chi connectivity index (χ4v) is 2.47. The zero-order valence-corrected chi connectivity index (χ0v) is 16.3. The molecule has 0 aromatic carbocycles. The maximum Gasteiger partial charge on any atom is 0.217 e. The molecule has 1 fully saturated rings. The topological polar surface area (TPSA) is 239 Å². The second kappa shape index (κ2) is 12.0. The maximum atomic E-state index is 10.3. The number of hydrogen-bond donors (Lipinski definition) is 10. The molecule has 0 aliphatic carbocycles. The Labute approximate surface area is 171 Å². The molecule has 0 radical (unpaired) electrons. The highest BCUT2D eigenvalue weighted by molar-refractivity contribution is 4.99. The van der Waals surface area contributed by atoms with Gasteiger partial charge in [-0.3, -0.25) is 0 Å². The number of rotatable bonds is 11. The van der Waals surface area contributed by atoms with Crippen molar-refractivity contribution in [3.8, 4) is 0 Å². The zero-order valence-electron chi connectivity index (χ0n) is 16.3. The van der Waals surface area contributed by atoms with E-state index in [4.69, 9.17) is 29.2 Å². The molecular formula is C16H30O14. The highest BCUT2D eigenvalue weighted by Crippen LogP contribution is 2.25. The van der Waals surface area contributed by atoms with E-state index in [-0.39, 0.29) is 0 Å². The SMILES string of the molecule is C/C(O)=C(/O)C(O)OC1C(O)C(O)OC(COC(OC(CO)C(C)O)C(O)O)C1O. The van der Waals surface area contributed by atoms with Gasteiger partial charge >= 0.3 is 0 Å². The summed E-state index contributed by atoms with van der Waals surface area (Å²) in [4.78, 5) is 0. The number of aliphatic hydroxyl groups is 10. The third-order valence-corrected chi connectivity index (χ3v) is 4.25. The van der Waals surface area contributed by atoms with Crippen LogP contribution in [0.2, 0.25) is 0 Å². The first-order valence-electron chi connectivity index (χ1n) is 8.94. The molecule has 1 aliphatic rings. The van der Waals surface area contributed by atoms with E-state index in [1.165, 1.54) is 6.92 Å². The molecule has 178 valence electrons. The molecule has 0 aromatic rings. The summed E-state index contributed by atoms with van der Waals surface area (Å²) < 4.78 is 20.0. The number of aliphatic hydroxyl groups excluding tert-OH is 9. The summed E-state index contributed by atoms with van der Waals surface area (Å²) in [6.07, 6.45) is -17.3. The summed E-state index contributed by atoms with van der Waals surface area (Å²) in [5.41, 5.74) is 0. The van der Waals surface area contributed by atoms with Gasteiger partial charge in [-0.1, -0.05) is 0 Å².